The number of benzene rings is 1. The van der Waals surface area contributed by atoms with Crippen molar-refractivity contribution in [2.45, 2.75) is 33.2 Å². The Balaban J connectivity index is 2.30. The first-order valence-corrected chi connectivity index (χ1v) is 5.75. The van der Waals surface area contributed by atoms with Crippen molar-refractivity contribution >= 4 is 17.3 Å². The van der Waals surface area contributed by atoms with Crippen molar-refractivity contribution in [3.05, 3.63) is 23.8 Å². The number of carbonyl (C=O) groups excluding carboxylic acids is 1. The topological polar surface area (TPSA) is 32.3 Å². The van der Waals surface area contributed by atoms with Crippen molar-refractivity contribution in [2.75, 3.05) is 16.8 Å². The molecule has 0 atom stereocenters. The van der Waals surface area contributed by atoms with Gasteiger partial charge in [-0.2, -0.15) is 0 Å². The van der Waals surface area contributed by atoms with Gasteiger partial charge >= 0.3 is 0 Å². The van der Waals surface area contributed by atoms with Gasteiger partial charge in [0.1, 0.15) is 0 Å². The number of nitrogens with one attached hydrogen (secondary N) is 1. The van der Waals surface area contributed by atoms with Crippen LogP contribution < -0.4 is 10.2 Å². The van der Waals surface area contributed by atoms with E-state index in [0.717, 1.165) is 18.7 Å². The number of amides is 1. The van der Waals surface area contributed by atoms with Crippen LogP contribution in [0, 0.1) is 0 Å². The highest BCUT2D eigenvalue weighted by Crippen LogP contribution is 2.32. The Morgan fingerprint density at radius 3 is 2.81 bits per heavy atom. The van der Waals surface area contributed by atoms with Crippen LogP contribution in [0.25, 0.3) is 0 Å². The largest absolute Gasteiger partial charge is 0.368 e. The Bertz CT molecular complexity index is 412. The summed E-state index contributed by atoms with van der Waals surface area (Å²) in [5, 5.41) is 2.83. The molecular weight excluding hydrogens is 200 g/mol. The van der Waals surface area contributed by atoms with Crippen LogP contribution in [0.5, 0.6) is 0 Å². The van der Waals surface area contributed by atoms with Crippen LogP contribution in [0.1, 0.15) is 26.3 Å². The highest BCUT2D eigenvalue weighted by atomic mass is 16.1. The quantitative estimate of drug-likeness (QED) is 0.826. The van der Waals surface area contributed by atoms with Crippen LogP contribution in [0.2, 0.25) is 0 Å². The van der Waals surface area contributed by atoms with E-state index in [1.165, 1.54) is 18.2 Å². The van der Waals surface area contributed by atoms with Crippen LogP contribution in [0.15, 0.2) is 18.2 Å². The Morgan fingerprint density at radius 1 is 1.44 bits per heavy atom. The number of nitrogens with zero attached hydrogens (tertiary/aromatic N) is 1. The normalized spacial score (nSPS) is 14.1. The van der Waals surface area contributed by atoms with Crippen LogP contribution in [-0.4, -0.2) is 18.5 Å². The fourth-order valence-corrected chi connectivity index (χ4v) is 2.22. The lowest BCUT2D eigenvalue weighted by Crippen LogP contribution is -2.28. The molecule has 0 radical (unpaired) electrons. The zero-order valence-electron chi connectivity index (χ0n) is 10.1. The van der Waals surface area contributed by atoms with Gasteiger partial charge < -0.3 is 10.2 Å². The number of carbonyl (C=O) groups is 1. The van der Waals surface area contributed by atoms with Crippen molar-refractivity contribution < 1.29 is 4.79 Å². The van der Waals surface area contributed by atoms with Crippen molar-refractivity contribution in [1.82, 2.24) is 0 Å². The van der Waals surface area contributed by atoms with E-state index in [2.05, 4.69) is 36.2 Å². The second-order valence-corrected chi connectivity index (χ2v) is 4.56. The average molecular weight is 218 g/mol. The van der Waals surface area contributed by atoms with Gasteiger partial charge in [-0.3, -0.25) is 4.79 Å². The molecule has 0 unspecified atom stereocenters. The zero-order valence-corrected chi connectivity index (χ0v) is 10.1. The summed E-state index contributed by atoms with van der Waals surface area (Å²) in [5.74, 6) is -0.0194. The molecule has 1 heterocycles. The minimum absolute atomic E-state index is 0.0194. The molecule has 1 aromatic carbocycles. The fourth-order valence-electron chi connectivity index (χ4n) is 2.22. The van der Waals surface area contributed by atoms with Gasteiger partial charge in [0.05, 0.1) is 0 Å². The van der Waals surface area contributed by atoms with Crippen molar-refractivity contribution in [1.29, 1.82) is 0 Å². The Morgan fingerprint density at radius 2 is 2.19 bits per heavy atom. The van der Waals surface area contributed by atoms with Gasteiger partial charge in [0.2, 0.25) is 5.91 Å². The van der Waals surface area contributed by atoms with Gasteiger partial charge in [0.25, 0.3) is 0 Å². The molecule has 1 aliphatic rings. The van der Waals surface area contributed by atoms with E-state index in [1.54, 1.807) is 0 Å². The number of hydrogen-bond donors (Lipinski definition) is 1. The molecule has 3 nitrogen and oxygen atoms in total. The van der Waals surface area contributed by atoms with Crippen molar-refractivity contribution in [3.8, 4) is 0 Å². The molecular formula is C13H18N2O. The van der Waals surface area contributed by atoms with E-state index >= 15 is 0 Å². The third-order valence-electron chi connectivity index (χ3n) is 2.96. The number of hydrogen-bond acceptors (Lipinski definition) is 2. The fraction of sp³-hybridized carbons (Fsp3) is 0.462. The predicted octanol–water partition coefficient (Wildman–Crippen LogP) is 2.42. The first-order valence-electron chi connectivity index (χ1n) is 5.75. The Labute approximate surface area is 96.5 Å². The van der Waals surface area contributed by atoms with Gasteiger partial charge in [0, 0.05) is 30.9 Å². The molecule has 0 aromatic heterocycles. The molecule has 16 heavy (non-hydrogen) atoms. The SMILES string of the molecule is CC(=O)Nc1ccc2c(c1)N(C(C)C)CC2. The molecule has 1 aromatic rings. The molecule has 0 saturated carbocycles. The first kappa shape index (κ1) is 11.0. The summed E-state index contributed by atoms with van der Waals surface area (Å²) < 4.78 is 0. The maximum atomic E-state index is 11.0. The summed E-state index contributed by atoms with van der Waals surface area (Å²) in [7, 11) is 0. The van der Waals surface area contributed by atoms with Gasteiger partial charge in [-0.15, -0.1) is 0 Å². The maximum absolute atomic E-state index is 11.0. The minimum Gasteiger partial charge on any atom is -0.368 e. The van der Waals surface area contributed by atoms with Crippen LogP contribution in [-0.2, 0) is 11.2 Å². The summed E-state index contributed by atoms with van der Waals surface area (Å²) in [6, 6.07) is 6.67. The molecule has 0 spiro atoms. The maximum Gasteiger partial charge on any atom is 0.221 e. The van der Waals surface area contributed by atoms with Crippen LogP contribution in [0.3, 0.4) is 0 Å². The second kappa shape index (κ2) is 4.16. The molecule has 0 bridgehead atoms. The van der Waals surface area contributed by atoms with E-state index in [9.17, 15) is 4.79 Å². The zero-order chi connectivity index (χ0) is 11.7. The van der Waals surface area contributed by atoms with E-state index in [4.69, 9.17) is 0 Å². The standard InChI is InChI=1S/C13H18N2O/c1-9(2)15-7-6-11-4-5-12(8-13(11)15)14-10(3)16/h4-5,8-9H,6-7H2,1-3H3,(H,14,16). The van der Waals surface area contributed by atoms with E-state index in [-0.39, 0.29) is 5.91 Å². The molecule has 0 saturated heterocycles. The molecule has 1 amide bonds. The summed E-state index contributed by atoms with van der Waals surface area (Å²) >= 11 is 0. The molecule has 3 heteroatoms. The van der Waals surface area contributed by atoms with Crippen molar-refractivity contribution in [3.63, 3.8) is 0 Å². The lowest BCUT2D eigenvalue weighted by molar-refractivity contribution is -0.114. The molecule has 2 rings (SSSR count). The average Bonchev–Trinajstić information content (AvgIpc) is 2.59. The predicted molar refractivity (Wildman–Crippen MR) is 66.9 cm³/mol. The second-order valence-electron chi connectivity index (χ2n) is 4.56. The molecule has 1 aliphatic heterocycles. The molecule has 0 fully saturated rings. The molecule has 1 N–H and O–H groups in total. The van der Waals surface area contributed by atoms with E-state index in [1.807, 2.05) is 6.07 Å². The van der Waals surface area contributed by atoms with Crippen molar-refractivity contribution in [2.24, 2.45) is 0 Å². The first-order chi connectivity index (χ1) is 7.58. The van der Waals surface area contributed by atoms with Gasteiger partial charge in [-0.25, -0.2) is 0 Å². The van der Waals surface area contributed by atoms with Gasteiger partial charge in [-0.05, 0) is 38.0 Å². The summed E-state index contributed by atoms with van der Waals surface area (Å²) in [6.45, 7) is 7.00. The third kappa shape index (κ3) is 2.03. The molecule has 86 valence electrons. The highest BCUT2D eigenvalue weighted by Gasteiger charge is 2.21. The number of fused-ring (bicyclic) bond motifs is 1. The Kier molecular flexibility index (Phi) is 2.86. The van der Waals surface area contributed by atoms with Crippen LogP contribution >= 0.6 is 0 Å². The van der Waals surface area contributed by atoms with Crippen LogP contribution in [0.4, 0.5) is 11.4 Å². The van der Waals surface area contributed by atoms with Gasteiger partial charge in [-0.1, -0.05) is 6.07 Å². The lowest BCUT2D eigenvalue weighted by Gasteiger charge is -2.24. The highest BCUT2D eigenvalue weighted by molar-refractivity contribution is 5.89. The Hall–Kier alpha value is -1.51. The third-order valence-corrected chi connectivity index (χ3v) is 2.96. The number of rotatable bonds is 2. The number of anilines is 2. The summed E-state index contributed by atoms with van der Waals surface area (Å²) in [5.41, 5.74) is 3.53. The van der Waals surface area contributed by atoms with Gasteiger partial charge in [0.15, 0.2) is 0 Å². The lowest BCUT2D eigenvalue weighted by atomic mass is 10.1. The van der Waals surface area contributed by atoms with E-state index < -0.39 is 0 Å². The summed E-state index contributed by atoms with van der Waals surface area (Å²) in [6.07, 6.45) is 1.11. The smallest absolute Gasteiger partial charge is 0.221 e. The summed E-state index contributed by atoms with van der Waals surface area (Å²) in [4.78, 5) is 13.4. The van der Waals surface area contributed by atoms with E-state index in [0.29, 0.717) is 6.04 Å². The monoisotopic (exact) mass is 218 g/mol. The molecule has 0 aliphatic carbocycles. The minimum atomic E-state index is -0.0194.